The largest absolute Gasteiger partial charge is 0.495 e. The number of nitrogen functional groups attached to an aromatic ring is 1. The molecule has 0 spiro atoms. The zero-order valence-corrected chi connectivity index (χ0v) is 8.11. The minimum Gasteiger partial charge on any atom is -0.495 e. The van der Waals surface area contributed by atoms with Gasteiger partial charge < -0.3 is 10.5 Å². The Kier molecular flexibility index (Phi) is 11.6. The highest BCUT2D eigenvalue weighted by Crippen LogP contribution is 2.18. The van der Waals surface area contributed by atoms with Crippen LogP contribution in [0, 0.1) is 10.8 Å². The van der Waals surface area contributed by atoms with Crippen LogP contribution in [0.4, 0.5) is 5.69 Å². The van der Waals surface area contributed by atoms with E-state index in [-0.39, 0.29) is 0 Å². The highest BCUT2D eigenvalue weighted by molar-refractivity contribution is 5.51. The van der Waals surface area contributed by atoms with E-state index in [9.17, 15) is 0 Å². The third-order valence-electron chi connectivity index (χ3n) is 1.14. The molecule has 1 aromatic carbocycles. The molecule has 0 aliphatic rings. The number of ether oxygens (including phenoxy) is 1. The molecule has 1 aromatic rings. The first kappa shape index (κ1) is 15.1. The summed E-state index contributed by atoms with van der Waals surface area (Å²) in [6, 6.07) is 7.39. The normalized spacial score (nSPS) is 6.47. The summed E-state index contributed by atoms with van der Waals surface area (Å²) >= 11 is 0. The quantitative estimate of drug-likeness (QED) is 0.364. The second kappa shape index (κ2) is 11.6. The summed E-state index contributed by atoms with van der Waals surface area (Å²) < 4.78 is 4.92. The average molecular weight is 209 g/mol. The van der Waals surface area contributed by atoms with Gasteiger partial charge in [0.05, 0.1) is 12.8 Å². The molecule has 0 aliphatic carbocycles. The molecule has 15 heavy (non-hydrogen) atoms. The summed E-state index contributed by atoms with van der Waals surface area (Å²) in [5, 5.41) is 10.8. The molecule has 0 heterocycles. The smallest absolute Gasteiger partial charge is 0.231 e. The minimum atomic E-state index is 0.681. The van der Waals surface area contributed by atoms with Crippen LogP contribution in [0.1, 0.15) is 0 Å². The summed E-state index contributed by atoms with van der Waals surface area (Å²) in [6.45, 7) is 0. The van der Waals surface area contributed by atoms with Crippen LogP contribution in [0.3, 0.4) is 0 Å². The fourth-order valence-corrected chi connectivity index (χ4v) is 0.666. The Morgan fingerprint density at radius 1 is 1.20 bits per heavy atom. The first-order chi connectivity index (χ1) is 7.17. The lowest BCUT2D eigenvalue weighted by atomic mass is 10.3. The van der Waals surface area contributed by atoms with E-state index in [2.05, 4.69) is 0 Å². The number of hydrogen-bond donors (Lipinski definition) is 3. The van der Waals surface area contributed by atoms with Gasteiger partial charge in [-0.05, 0) is 12.1 Å². The number of carbonyl (C=O) groups excluding carboxylic acids is 2. The minimum absolute atomic E-state index is 0.681. The molecular formula is C9H11N3O3. The second-order valence-electron chi connectivity index (χ2n) is 1.95. The predicted octanol–water partition coefficient (Wildman–Crippen LogP) is 1.08. The van der Waals surface area contributed by atoms with Gasteiger partial charge >= 0.3 is 0 Å². The fourth-order valence-electron chi connectivity index (χ4n) is 0.666. The standard InChI is InChI=1S/C7H9NO.2CHNO/c1-9-7-5-3-2-4-6(7)8;2*2-1-3/h2-5H,8H2,1H3;2*2H. The molecule has 0 radical (unpaired) electrons. The van der Waals surface area contributed by atoms with Crippen LogP contribution >= 0.6 is 0 Å². The number of para-hydroxylation sites is 2. The SMILES string of the molecule is COc1ccccc1N.N=C=O.N=C=O. The van der Waals surface area contributed by atoms with Crippen molar-refractivity contribution in [3.05, 3.63) is 24.3 Å². The van der Waals surface area contributed by atoms with E-state index >= 15 is 0 Å². The highest BCUT2D eigenvalue weighted by atomic mass is 16.5. The van der Waals surface area contributed by atoms with Gasteiger partial charge in [0.1, 0.15) is 5.75 Å². The number of benzene rings is 1. The Bertz CT molecular complexity index is 328. The summed E-state index contributed by atoms with van der Waals surface area (Å²) in [6.07, 6.45) is 1.50. The van der Waals surface area contributed by atoms with Gasteiger partial charge in [-0.3, -0.25) is 0 Å². The Hall–Kier alpha value is -2.42. The maximum atomic E-state index is 8.35. The van der Waals surface area contributed by atoms with Gasteiger partial charge in [-0.2, -0.15) is 0 Å². The molecule has 0 fully saturated rings. The Labute approximate surface area is 86.7 Å². The van der Waals surface area contributed by atoms with Crippen LogP contribution in [-0.2, 0) is 9.59 Å². The number of methoxy groups -OCH3 is 1. The lowest BCUT2D eigenvalue weighted by Gasteiger charge is -2.00. The number of nitrogens with two attached hydrogens (primary N) is 1. The van der Waals surface area contributed by atoms with E-state index in [1.165, 1.54) is 0 Å². The van der Waals surface area contributed by atoms with Crippen LogP contribution in [0.15, 0.2) is 24.3 Å². The zero-order valence-electron chi connectivity index (χ0n) is 8.11. The van der Waals surface area contributed by atoms with Gasteiger partial charge in [0.2, 0.25) is 12.2 Å². The Balaban J connectivity index is 0. The molecule has 6 nitrogen and oxygen atoms in total. The van der Waals surface area contributed by atoms with Crippen LogP contribution < -0.4 is 10.5 Å². The van der Waals surface area contributed by atoms with E-state index in [0.717, 1.165) is 17.9 Å². The second-order valence-corrected chi connectivity index (χ2v) is 1.95. The lowest BCUT2D eigenvalue weighted by molar-refractivity contribution is 0.417. The molecule has 0 aliphatic heterocycles. The van der Waals surface area contributed by atoms with Gasteiger partial charge in [-0.15, -0.1) is 0 Å². The van der Waals surface area contributed by atoms with Crippen molar-refractivity contribution in [2.75, 3.05) is 12.8 Å². The van der Waals surface area contributed by atoms with Crippen molar-refractivity contribution in [2.45, 2.75) is 0 Å². The van der Waals surface area contributed by atoms with Crippen molar-refractivity contribution in [2.24, 2.45) is 0 Å². The van der Waals surface area contributed by atoms with E-state index in [1.54, 1.807) is 13.2 Å². The van der Waals surface area contributed by atoms with E-state index in [0.29, 0.717) is 5.69 Å². The molecule has 0 unspecified atom stereocenters. The number of isocyanates is 2. The monoisotopic (exact) mass is 209 g/mol. The van der Waals surface area contributed by atoms with Crippen molar-refractivity contribution >= 4 is 17.8 Å². The Morgan fingerprint density at radius 2 is 1.60 bits per heavy atom. The molecule has 0 saturated heterocycles. The lowest BCUT2D eigenvalue weighted by Crippen LogP contribution is -1.89. The van der Waals surface area contributed by atoms with Gasteiger partial charge in [0, 0.05) is 0 Å². The van der Waals surface area contributed by atoms with Gasteiger partial charge in [-0.25, -0.2) is 20.4 Å². The predicted molar refractivity (Wildman–Crippen MR) is 54.2 cm³/mol. The maximum Gasteiger partial charge on any atom is 0.231 e. The fraction of sp³-hybridized carbons (Fsp3) is 0.111. The number of hydrogen-bond acceptors (Lipinski definition) is 6. The highest BCUT2D eigenvalue weighted by Gasteiger charge is 1.91. The molecule has 0 saturated carbocycles. The first-order valence-electron chi connectivity index (χ1n) is 3.64. The van der Waals surface area contributed by atoms with Crippen molar-refractivity contribution in [1.82, 2.24) is 0 Å². The number of anilines is 1. The first-order valence-corrected chi connectivity index (χ1v) is 3.64. The van der Waals surface area contributed by atoms with Crippen molar-refractivity contribution in [3.8, 4) is 5.75 Å². The molecule has 0 aromatic heterocycles. The molecule has 1 rings (SSSR count). The van der Waals surface area contributed by atoms with Crippen molar-refractivity contribution < 1.29 is 14.3 Å². The molecule has 0 atom stereocenters. The summed E-state index contributed by atoms with van der Waals surface area (Å²) in [7, 11) is 1.60. The summed E-state index contributed by atoms with van der Waals surface area (Å²) in [5.41, 5.74) is 6.19. The average Bonchev–Trinajstić information content (AvgIpc) is 2.21. The van der Waals surface area contributed by atoms with Gasteiger partial charge in [-0.1, -0.05) is 12.1 Å². The van der Waals surface area contributed by atoms with E-state index in [4.69, 9.17) is 30.9 Å². The number of nitrogens with one attached hydrogen (secondary N) is 2. The Morgan fingerprint density at radius 3 is 1.87 bits per heavy atom. The summed E-state index contributed by atoms with van der Waals surface area (Å²) in [4.78, 5) is 16.7. The molecule has 0 bridgehead atoms. The van der Waals surface area contributed by atoms with E-state index in [1.807, 2.05) is 18.2 Å². The topological polar surface area (TPSA) is 117 Å². The van der Waals surface area contributed by atoms with Crippen molar-refractivity contribution in [1.29, 1.82) is 10.8 Å². The number of rotatable bonds is 1. The van der Waals surface area contributed by atoms with Crippen LogP contribution in [-0.4, -0.2) is 19.3 Å². The van der Waals surface area contributed by atoms with Crippen molar-refractivity contribution in [3.63, 3.8) is 0 Å². The van der Waals surface area contributed by atoms with Crippen LogP contribution in [0.5, 0.6) is 5.75 Å². The molecule has 0 amide bonds. The summed E-state index contributed by atoms with van der Waals surface area (Å²) in [5.74, 6) is 0.734. The molecule has 80 valence electrons. The molecule has 4 N–H and O–H groups in total. The van der Waals surface area contributed by atoms with Gasteiger partial charge in [0.25, 0.3) is 0 Å². The van der Waals surface area contributed by atoms with E-state index < -0.39 is 0 Å². The third-order valence-corrected chi connectivity index (χ3v) is 1.14. The van der Waals surface area contributed by atoms with Crippen LogP contribution in [0.2, 0.25) is 0 Å². The molecular weight excluding hydrogens is 198 g/mol. The zero-order chi connectivity index (χ0) is 12.1. The van der Waals surface area contributed by atoms with Crippen LogP contribution in [0.25, 0.3) is 0 Å². The third kappa shape index (κ3) is 9.49. The molecule has 6 heteroatoms. The maximum absolute atomic E-state index is 8.35. The van der Waals surface area contributed by atoms with Gasteiger partial charge in [0.15, 0.2) is 0 Å².